The highest BCUT2D eigenvalue weighted by atomic mass is 32.1. The standard InChI is InChI=1S/C31H31NO6S/c1-18-28(31(34)38-17-19-7-10-22(35-2)11-8-19)29(20-9-12-25(36-3)26(16-20)37-4)30-23(32-18)14-21(15-24(30)33)27-6-5-13-39-27/h5-13,16,21,29,32H,14-15,17H2,1-4H3/t21-,29+/m0/s1. The molecule has 1 N–H and O–H groups in total. The van der Waals surface area contributed by atoms with Crippen LogP contribution in [0.25, 0.3) is 0 Å². The van der Waals surface area contributed by atoms with E-state index in [1.54, 1.807) is 38.7 Å². The second kappa shape index (κ2) is 11.4. The van der Waals surface area contributed by atoms with Gasteiger partial charge in [-0.2, -0.15) is 0 Å². The maximum Gasteiger partial charge on any atom is 0.337 e. The van der Waals surface area contributed by atoms with Crippen LogP contribution in [-0.4, -0.2) is 33.1 Å². The SMILES string of the molecule is COc1ccc(COC(=O)C2=C(C)NC3=C(C(=O)C[C@@H](c4cccs4)C3)[C@@H]2c2ccc(OC)c(OC)c2)cc1. The van der Waals surface area contributed by atoms with E-state index < -0.39 is 11.9 Å². The van der Waals surface area contributed by atoms with Gasteiger partial charge >= 0.3 is 5.97 Å². The largest absolute Gasteiger partial charge is 0.497 e. The molecule has 2 aromatic carbocycles. The van der Waals surface area contributed by atoms with Crippen LogP contribution in [-0.2, 0) is 20.9 Å². The molecule has 0 spiro atoms. The summed E-state index contributed by atoms with van der Waals surface area (Å²) in [5.41, 5.74) is 4.15. The summed E-state index contributed by atoms with van der Waals surface area (Å²) in [6, 6.07) is 17.0. The predicted octanol–water partition coefficient (Wildman–Crippen LogP) is 5.88. The zero-order valence-electron chi connectivity index (χ0n) is 22.4. The van der Waals surface area contributed by atoms with Crippen LogP contribution >= 0.6 is 11.3 Å². The Labute approximate surface area is 232 Å². The number of methoxy groups -OCH3 is 3. The number of ketones is 1. The molecular weight excluding hydrogens is 514 g/mol. The molecule has 39 heavy (non-hydrogen) atoms. The highest BCUT2D eigenvalue weighted by Crippen LogP contribution is 2.47. The van der Waals surface area contributed by atoms with E-state index in [1.807, 2.05) is 54.8 Å². The predicted molar refractivity (Wildman–Crippen MR) is 149 cm³/mol. The summed E-state index contributed by atoms with van der Waals surface area (Å²) in [4.78, 5) is 28.6. The molecule has 0 unspecified atom stereocenters. The Balaban J connectivity index is 1.52. The van der Waals surface area contributed by atoms with Crippen LogP contribution in [0.15, 0.2) is 82.5 Å². The van der Waals surface area contributed by atoms with Crippen molar-refractivity contribution in [2.75, 3.05) is 21.3 Å². The molecular formula is C31H31NO6S. The Kier molecular flexibility index (Phi) is 7.74. The van der Waals surface area contributed by atoms with E-state index in [2.05, 4.69) is 11.4 Å². The lowest BCUT2D eigenvalue weighted by Gasteiger charge is -2.36. The molecule has 3 aromatic rings. The Hall–Kier alpha value is -4.04. The lowest BCUT2D eigenvalue weighted by Crippen LogP contribution is -2.36. The van der Waals surface area contributed by atoms with Gasteiger partial charge < -0.3 is 24.3 Å². The number of rotatable bonds is 8. The van der Waals surface area contributed by atoms with Crippen molar-refractivity contribution < 1.29 is 28.5 Å². The van der Waals surface area contributed by atoms with Gasteiger partial charge in [-0.15, -0.1) is 11.3 Å². The first-order valence-corrected chi connectivity index (χ1v) is 13.6. The van der Waals surface area contributed by atoms with Crippen molar-refractivity contribution in [3.8, 4) is 17.2 Å². The van der Waals surface area contributed by atoms with Crippen LogP contribution < -0.4 is 19.5 Å². The molecule has 0 radical (unpaired) electrons. The first-order chi connectivity index (χ1) is 18.9. The third kappa shape index (κ3) is 5.29. The quantitative estimate of drug-likeness (QED) is 0.354. The molecule has 0 amide bonds. The summed E-state index contributed by atoms with van der Waals surface area (Å²) < 4.78 is 22.0. The van der Waals surface area contributed by atoms with Gasteiger partial charge in [0.1, 0.15) is 12.4 Å². The third-order valence-corrected chi connectivity index (χ3v) is 8.30. The zero-order valence-corrected chi connectivity index (χ0v) is 23.2. The number of hydrogen-bond donors (Lipinski definition) is 1. The molecule has 1 aliphatic heterocycles. The number of Topliss-reactive ketones (excluding diaryl/α,β-unsaturated/α-hetero) is 1. The second-order valence-corrected chi connectivity index (χ2v) is 10.6. The first kappa shape index (κ1) is 26.6. The van der Waals surface area contributed by atoms with Gasteiger partial charge in [-0.3, -0.25) is 4.79 Å². The molecule has 1 aliphatic carbocycles. The average molecular weight is 546 g/mol. The Morgan fingerprint density at radius 2 is 1.74 bits per heavy atom. The Bertz CT molecular complexity index is 1440. The molecule has 8 heteroatoms. The molecule has 2 aliphatic rings. The average Bonchev–Trinajstić information content (AvgIpc) is 3.50. The molecule has 0 bridgehead atoms. The molecule has 0 saturated carbocycles. The van der Waals surface area contributed by atoms with Gasteiger partial charge in [0, 0.05) is 40.1 Å². The fraction of sp³-hybridized carbons (Fsp3) is 0.290. The maximum absolute atomic E-state index is 13.8. The summed E-state index contributed by atoms with van der Waals surface area (Å²) in [5.74, 6) is 0.878. The van der Waals surface area contributed by atoms with Gasteiger partial charge in [-0.1, -0.05) is 24.3 Å². The van der Waals surface area contributed by atoms with Gasteiger partial charge in [-0.25, -0.2) is 4.79 Å². The van der Waals surface area contributed by atoms with Crippen LogP contribution in [0.2, 0.25) is 0 Å². The highest BCUT2D eigenvalue weighted by molar-refractivity contribution is 7.10. The van der Waals surface area contributed by atoms with Gasteiger partial charge in [0.15, 0.2) is 17.3 Å². The third-order valence-electron chi connectivity index (χ3n) is 7.26. The van der Waals surface area contributed by atoms with Gasteiger partial charge in [0.2, 0.25) is 0 Å². The summed E-state index contributed by atoms with van der Waals surface area (Å²) in [5, 5.41) is 5.44. The minimum absolute atomic E-state index is 0.0230. The molecule has 7 nitrogen and oxygen atoms in total. The lowest BCUT2D eigenvalue weighted by molar-refractivity contribution is -0.140. The number of carbonyl (C=O) groups excluding carboxylic acids is 2. The topological polar surface area (TPSA) is 83.1 Å². The number of ether oxygens (including phenoxy) is 4. The number of hydrogen-bond acceptors (Lipinski definition) is 8. The minimum Gasteiger partial charge on any atom is -0.497 e. The van der Waals surface area contributed by atoms with Crippen LogP contribution in [0.3, 0.4) is 0 Å². The smallest absolute Gasteiger partial charge is 0.337 e. The van der Waals surface area contributed by atoms with Crippen molar-refractivity contribution in [2.24, 2.45) is 0 Å². The number of dihydropyridines is 1. The molecule has 2 atom stereocenters. The Morgan fingerprint density at radius 1 is 0.974 bits per heavy atom. The van der Waals surface area contributed by atoms with Crippen molar-refractivity contribution in [1.82, 2.24) is 5.32 Å². The minimum atomic E-state index is -0.596. The second-order valence-electron chi connectivity index (χ2n) is 9.57. The number of allylic oxidation sites excluding steroid dienone is 3. The van der Waals surface area contributed by atoms with Gasteiger partial charge in [-0.05, 0) is 60.2 Å². The number of esters is 1. The van der Waals surface area contributed by atoms with E-state index in [0.29, 0.717) is 41.2 Å². The molecule has 5 rings (SSSR count). The van der Waals surface area contributed by atoms with Crippen molar-refractivity contribution in [1.29, 1.82) is 0 Å². The van der Waals surface area contributed by atoms with Crippen molar-refractivity contribution in [3.05, 3.63) is 98.5 Å². The van der Waals surface area contributed by atoms with E-state index in [-0.39, 0.29) is 18.3 Å². The van der Waals surface area contributed by atoms with Crippen molar-refractivity contribution in [2.45, 2.75) is 38.2 Å². The number of nitrogens with one attached hydrogen (secondary N) is 1. The number of thiophene rings is 1. The van der Waals surface area contributed by atoms with Crippen molar-refractivity contribution in [3.63, 3.8) is 0 Å². The molecule has 0 saturated heterocycles. The summed E-state index contributed by atoms with van der Waals surface area (Å²) >= 11 is 1.66. The number of carbonyl (C=O) groups is 2. The lowest BCUT2D eigenvalue weighted by atomic mass is 9.72. The summed E-state index contributed by atoms with van der Waals surface area (Å²) in [6.45, 7) is 1.96. The van der Waals surface area contributed by atoms with E-state index >= 15 is 0 Å². The maximum atomic E-state index is 13.8. The normalized spacial score (nSPS) is 18.8. The first-order valence-electron chi connectivity index (χ1n) is 12.7. The van der Waals surface area contributed by atoms with E-state index in [0.717, 1.165) is 22.6 Å². The van der Waals surface area contributed by atoms with Crippen LogP contribution in [0.1, 0.15) is 47.6 Å². The summed E-state index contributed by atoms with van der Waals surface area (Å²) in [7, 11) is 4.74. The van der Waals surface area contributed by atoms with Crippen LogP contribution in [0.4, 0.5) is 0 Å². The zero-order chi connectivity index (χ0) is 27.5. The molecule has 202 valence electrons. The van der Waals surface area contributed by atoms with Gasteiger partial charge in [0.25, 0.3) is 0 Å². The molecule has 1 aromatic heterocycles. The van der Waals surface area contributed by atoms with Gasteiger partial charge in [0.05, 0.1) is 26.9 Å². The Morgan fingerprint density at radius 3 is 2.41 bits per heavy atom. The van der Waals surface area contributed by atoms with Crippen molar-refractivity contribution >= 4 is 23.1 Å². The monoisotopic (exact) mass is 545 g/mol. The van der Waals surface area contributed by atoms with Crippen LogP contribution in [0, 0.1) is 0 Å². The molecule has 2 heterocycles. The van der Waals surface area contributed by atoms with E-state index in [1.165, 1.54) is 4.88 Å². The summed E-state index contributed by atoms with van der Waals surface area (Å²) in [6.07, 6.45) is 1.08. The van der Waals surface area contributed by atoms with Crippen LogP contribution in [0.5, 0.6) is 17.2 Å². The fourth-order valence-corrected chi connectivity index (χ4v) is 6.18. The van der Waals surface area contributed by atoms with E-state index in [4.69, 9.17) is 18.9 Å². The highest BCUT2D eigenvalue weighted by Gasteiger charge is 2.42. The van der Waals surface area contributed by atoms with E-state index in [9.17, 15) is 9.59 Å². The number of benzene rings is 2. The fourth-order valence-electron chi connectivity index (χ4n) is 5.35. The molecule has 0 fully saturated rings.